The molecule has 2 atom stereocenters. The number of aliphatic imine (C=N–C) groups is 1. The Morgan fingerprint density at radius 3 is 2.61 bits per heavy atom. The molecule has 0 spiro atoms. The average Bonchev–Trinajstić information content (AvgIpc) is 3.23. The molecule has 23 heavy (non-hydrogen) atoms. The van der Waals surface area contributed by atoms with E-state index in [1.807, 2.05) is 7.05 Å². The number of ether oxygens (including phenoxy) is 1. The monoisotopic (exact) mass is 436 g/mol. The molecule has 2 saturated heterocycles. The molecule has 0 aromatic heterocycles. The lowest BCUT2D eigenvalue weighted by molar-refractivity contribution is 0.0194. The van der Waals surface area contributed by atoms with Gasteiger partial charge < -0.3 is 15.4 Å². The topological polar surface area (TPSA) is 48.9 Å². The van der Waals surface area contributed by atoms with Crippen molar-refractivity contribution < 1.29 is 4.74 Å². The number of hydrogen-bond donors (Lipinski definition) is 2. The van der Waals surface area contributed by atoms with Crippen LogP contribution in [0.5, 0.6) is 0 Å². The molecule has 134 valence electrons. The lowest BCUT2D eigenvalue weighted by Crippen LogP contribution is -2.47. The van der Waals surface area contributed by atoms with Crippen molar-refractivity contribution >= 4 is 29.9 Å². The lowest BCUT2D eigenvalue weighted by Gasteiger charge is -2.25. The molecule has 1 saturated carbocycles. The number of halogens is 1. The van der Waals surface area contributed by atoms with E-state index in [1.54, 1.807) is 0 Å². The smallest absolute Gasteiger partial charge is 0.191 e. The minimum Gasteiger partial charge on any atom is -0.376 e. The largest absolute Gasteiger partial charge is 0.376 e. The van der Waals surface area contributed by atoms with Crippen molar-refractivity contribution in [2.45, 2.75) is 69.6 Å². The maximum Gasteiger partial charge on any atom is 0.191 e. The standard InChI is InChI=1S/C17H32N4O.HI/c1-18-17(19-12-16-8-4-5-11-22-16)20-14-9-10-21(13-14)15-6-2-3-7-15;/h14-16H,2-13H2,1H3,(H2,18,19,20);1H. The maximum atomic E-state index is 5.77. The molecule has 2 unspecified atom stereocenters. The third-order valence-corrected chi connectivity index (χ3v) is 5.40. The zero-order valence-corrected chi connectivity index (χ0v) is 16.8. The lowest BCUT2D eigenvalue weighted by atomic mass is 10.1. The average molecular weight is 436 g/mol. The molecular formula is C17H33IN4O. The first-order valence-electron chi connectivity index (χ1n) is 9.18. The van der Waals surface area contributed by atoms with Gasteiger partial charge in [-0.15, -0.1) is 24.0 Å². The van der Waals surface area contributed by atoms with Crippen molar-refractivity contribution in [3.05, 3.63) is 0 Å². The third-order valence-electron chi connectivity index (χ3n) is 5.40. The summed E-state index contributed by atoms with van der Waals surface area (Å²) in [5.41, 5.74) is 0. The quantitative estimate of drug-likeness (QED) is 0.404. The SMILES string of the molecule is CN=C(NCC1CCCCO1)NC1CCN(C2CCCC2)C1.I. The zero-order chi connectivity index (χ0) is 15.2. The molecule has 3 aliphatic rings. The van der Waals surface area contributed by atoms with Gasteiger partial charge in [0, 0.05) is 45.4 Å². The van der Waals surface area contributed by atoms with Gasteiger partial charge in [0.1, 0.15) is 0 Å². The van der Waals surface area contributed by atoms with Crippen LogP contribution in [0.1, 0.15) is 51.4 Å². The van der Waals surface area contributed by atoms with E-state index in [0.29, 0.717) is 12.1 Å². The first-order chi connectivity index (χ1) is 10.8. The Bertz CT molecular complexity index is 368. The third kappa shape index (κ3) is 5.74. The van der Waals surface area contributed by atoms with E-state index in [9.17, 15) is 0 Å². The Labute approximate surface area is 158 Å². The summed E-state index contributed by atoms with van der Waals surface area (Å²) in [4.78, 5) is 7.06. The Kier molecular flexibility index (Phi) is 8.40. The predicted molar refractivity (Wildman–Crippen MR) is 106 cm³/mol. The number of nitrogens with one attached hydrogen (secondary N) is 2. The van der Waals surface area contributed by atoms with Crippen molar-refractivity contribution in [1.82, 2.24) is 15.5 Å². The van der Waals surface area contributed by atoms with Crippen molar-refractivity contribution in [3.8, 4) is 0 Å². The maximum absolute atomic E-state index is 5.77. The Morgan fingerprint density at radius 2 is 1.91 bits per heavy atom. The molecule has 3 fully saturated rings. The van der Waals surface area contributed by atoms with Crippen LogP contribution in [0.15, 0.2) is 4.99 Å². The van der Waals surface area contributed by atoms with Gasteiger partial charge in [0.2, 0.25) is 0 Å². The summed E-state index contributed by atoms with van der Waals surface area (Å²) in [6.45, 7) is 4.20. The fourth-order valence-corrected chi connectivity index (χ4v) is 4.07. The number of guanidine groups is 1. The van der Waals surface area contributed by atoms with E-state index in [2.05, 4.69) is 20.5 Å². The zero-order valence-electron chi connectivity index (χ0n) is 14.4. The predicted octanol–water partition coefficient (Wildman–Crippen LogP) is 2.36. The van der Waals surface area contributed by atoms with Crippen LogP contribution >= 0.6 is 24.0 Å². The fourth-order valence-electron chi connectivity index (χ4n) is 4.07. The molecule has 0 amide bonds. The van der Waals surface area contributed by atoms with Crippen LogP contribution in [0.2, 0.25) is 0 Å². The summed E-state index contributed by atoms with van der Waals surface area (Å²) >= 11 is 0. The first kappa shape index (κ1) is 19.2. The highest BCUT2D eigenvalue weighted by molar-refractivity contribution is 14.0. The first-order valence-corrected chi connectivity index (χ1v) is 9.18. The summed E-state index contributed by atoms with van der Waals surface area (Å²) in [6.07, 6.45) is 10.9. The number of likely N-dealkylation sites (tertiary alicyclic amines) is 1. The number of rotatable bonds is 4. The Balaban J connectivity index is 0.00000192. The van der Waals surface area contributed by atoms with Crippen LogP contribution in [0.3, 0.4) is 0 Å². The van der Waals surface area contributed by atoms with Gasteiger partial charge in [0.25, 0.3) is 0 Å². The van der Waals surface area contributed by atoms with Crippen LogP contribution in [-0.2, 0) is 4.74 Å². The van der Waals surface area contributed by atoms with Crippen molar-refractivity contribution in [2.75, 3.05) is 33.3 Å². The van der Waals surface area contributed by atoms with Gasteiger partial charge in [0.15, 0.2) is 5.96 Å². The van der Waals surface area contributed by atoms with Crippen molar-refractivity contribution in [3.63, 3.8) is 0 Å². The molecule has 2 heterocycles. The minimum atomic E-state index is 0. The van der Waals surface area contributed by atoms with E-state index in [4.69, 9.17) is 4.74 Å². The molecule has 1 aliphatic carbocycles. The second-order valence-corrected chi connectivity index (χ2v) is 7.00. The molecule has 0 bridgehead atoms. The molecule has 0 radical (unpaired) electrons. The van der Waals surface area contributed by atoms with Crippen LogP contribution in [0.4, 0.5) is 0 Å². The summed E-state index contributed by atoms with van der Waals surface area (Å²) in [5.74, 6) is 0.937. The molecule has 0 aromatic rings. The van der Waals surface area contributed by atoms with Gasteiger partial charge in [-0.25, -0.2) is 0 Å². The molecule has 3 rings (SSSR count). The second kappa shape index (κ2) is 10.0. The van der Waals surface area contributed by atoms with Gasteiger partial charge in [0.05, 0.1) is 6.10 Å². The van der Waals surface area contributed by atoms with E-state index in [1.165, 1.54) is 64.5 Å². The van der Waals surface area contributed by atoms with Gasteiger partial charge in [-0.1, -0.05) is 12.8 Å². The fraction of sp³-hybridized carbons (Fsp3) is 0.941. The molecule has 0 aromatic carbocycles. The highest BCUT2D eigenvalue weighted by atomic mass is 127. The summed E-state index contributed by atoms with van der Waals surface area (Å²) < 4.78 is 5.77. The number of nitrogens with zero attached hydrogens (tertiary/aromatic N) is 2. The summed E-state index contributed by atoms with van der Waals surface area (Å²) in [5, 5.41) is 7.05. The Hall–Kier alpha value is -0.0800. The van der Waals surface area contributed by atoms with Crippen molar-refractivity contribution in [2.24, 2.45) is 4.99 Å². The second-order valence-electron chi connectivity index (χ2n) is 7.00. The number of hydrogen-bond acceptors (Lipinski definition) is 3. The van der Waals surface area contributed by atoms with Crippen LogP contribution in [0, 0.1) is 0 Å². The molecule has 6 heteroatoms. The summed E-state index contributed by atoms with van der Waals surface area (Å²) in [7, 11) is 1.86. The van der Waals surface area contributed by atoms with Gasteiger partial charge in [-0.05, 0) is 38.5 Å². The highest BCUT2D eigenvalue weighted by Crippen LogP contribution is 2.26. The van der Waals surface area contributed by atoms with Crippen molar-refractivity contribution in [1.29, 1.82) is 0 Å². The highest BCUT2D eigenvalue weighted by Gasteiger charge is 2.30. The van der Waals surface area contributed by atoms with Gasteiger partial charge in [-0.3, -0.25) is 9.89 Å². The van der Waals surface area contributed by atoms with E-state index in [0.717, 1.165) is 25.2 Å². The summed E-state index contributed by atoms with van der Waals surface area (Å²) in [6, 6.07) is 1.39. The minimum absolute atomic E-state index is 0. The molecule has 2 aliphatic heterocycles. The van der Waals surface area contributed by atoms with Crippen LogP contribution < -0.4 is 10.6 Å². The molecule has 5 nitrogen and oxygen atoms in total. The van der Waals surface area contributed by atoms with E-state index in [-0.39, 0.29) is 24.0 Å². The van der Waals surface area contributed by atoms with Gasteiger partial charge in [-0.2, -0.15) is 0 Å². The Morgan fingerprint density at radius 1 is 1.13 bits per heavy atom. The molecular weight excluding hydrogens is 403 g/mol. The van der Waals surface area contributed by atoms with Crippen LogP contribution in [0.25, 0.3) is 0 Å². The van der Waals surface area contributed by atoms with Gasteiger partial charge >= 0.3 is 0 Å². The van der Waals surface area contributed by atoms with Crippen LogP contribution in [-0.4, -0.2) is 62.3 Å². The molecule has 2 N–H and O–H groups in total. The van der Waals surface area contributed by atoms with E-state index >= 15 is 0 Å². The van der Waals surface area contributed by atoms with E-state index < -0.39 is 0 Å². The normalized spacial score (nSPS) is 30.2.